The summed E-state index contributed by atoms with van der Waals surface area (Å²) in [5, 5.41) is 9.06. The van der Waals surface area contributed by atoms with Crippen LogP contribution in [0.4, 0.5) is 0 Å². The van der Waals surface area contributed by atoms with Gasteiger partial charge in [-0.25, -0.2) is 0 Å². The average Bonchev–Trinajstić information content (AvgIpc) is 3.50. The molecule has 7 nitrogen and oxygen atoms in total. The number of guanidine groups is 1. The van der Waals surface area contributed by atoms with Crippen molar-refractivity contribution in [3.63, 3.8) is 0 Å². The van der Waals surface area contributed by atoms with Crippen LogP contribution in [0, 0.1) is 5.92 Å². The Hall–Kier alpha value is -2.28. The summed E-state index contributed by atoms with van der Waals surface area (Å²) in [4.78, 5) is 16.1. The van der Waals surface area contributed by atoms with Crippen molar-refractivity contribution in [2.75, 3.05) is 40.5 Å². The van der Waals surface area contributed by atoms with Gasteiger partial charge in [0.05, 0.1) is 13.7 Å². The summed E-state index contributed by atoms with van der Waals surface area (Å²) in [5.74, 6) is 2.13. The van der Waals surface area contributed by atoms with Crippen molar-refractivity contribution in [2.45, 2.75) is 25.8 Å². The van der Waals surface area contributed by atoms with Crippen molar-refractivity contribution in [3.8, 4) is 5.75 Å². The number of carbonyl (C=O) groups is 1. The maximum absolute atomic E-state index is 11.9. The molecule has 1 fully saturated rings. The van der Waals surface area contributed by atoms with Crippen molar-refractivity contribution >= 4 is 11.9 Å². The molecule has 0 aliphatic heterocycles. The standard InChI is InChI=1S/C19H30N4O3/c1-20-19(21-10-3-11-26-14-16-4-5-16)23-13-18(24)22-12-15-6-8-17(25-2)9-7-15/h6-9,16H,3-5,10-14H2,1-2H3,(H,22,24)(H2,20,21,23). The second-order valence-electron chi connectivity index (χ2n) is 6.35. The molecule has 144 valence electrons. The van der Waals surface area contributed by atoms with Gasteiger partial charge in [-0.3, -0.25) is 9.79 Å². The molecule has 0 radical (unpaired) electrons. The van der Waals surface area contributed by atoms with Crippen LogP contribution in [0.15, 0.2) is 29.3 Å². The van der Waals surface area contributed by atoms with Crippen LogP contribution in [0.3, 0.4) is 0 Å². The molecule has 0 unspecified atom stereocenters. The molecule has 7 heteroatoms. The number of benzene rings is 1. The van der Waals surface area contributed by atoms with E-state index in [1.54, 1.807) is 14.2 Å². The van der Waals surface area contributed by atoms with Crippen molar-refractivity contribution in [1.29, 1.82) is 0 Å². The van der Waals surface area contributed by atoms with Gasteiger partial charge in [0.1, 0.15) is 5.75 Å². The lowest BCUT2D eigenvalue weighted by Crippen LogP contribution is -2.43. The number of nitrogens with zero attached hydrogens (tertiary/aromatic N) is 1. The Morgan fingerprint density at radius 1 is 1.19 bits per heavy atom. The maximum atomic E-state index is 11.9. The van der Waals surface area contributed by atoms with Crippen LogP contribution < -0.4 is 20.7 Å². The predicted octanol–water partition coefficient (Wildman–Crippen LogP) is 1.29. The molecule has 1 aromatic carbocycles. The Labute approximate surface area is 155 Å². The monoisotopic (exact) mass is 362 g/mol. The SMILES string of the molecule is CN=C(NCCCOCC1CC1)NCC(=O)NCc1ccc(OC)cc1. The minimum atomic E-state index is -0.0865. The number of ether oxygens (including phenoxy) is 2. The fourth-order valence-electron chi connectivity index (χ4n) is 2.31. The number of aliphatic imine (C=N–C) groups is 1. The molecular weight excluding hydrogens is 332 g/mol. The van der Waals surface area contributed by atoms with Crippen LogP contribution in [-0.4, -0.2) is 52.3 Å². The van der Waals surface area contributed by atoms with Crippen LogP contribution in [-0.2, 0) is 16.1 Å². The topological polar surface area (TPSA) is 84.0 Å². The molecule has 3 N–H and O–H groups in total. The first-order valence-electron chi connectivity index (χ1n) is 9.13. The Morgan fingerprint density at radius 2 is 1.96 bits per heavy atom. The van der Waals surface area contributed by atoms with Gasteiger partial charge in [-0.1, -0.05) is 12.1 Å². The molecule has 2 rings (SSSR count). The quantitative estimate of drug-likeness (QED) is 0.314. The minimum absolute atomic E-state index is 0.0865. The molecule has 1 saturated carbocycles. The Kier molecular flexibility index (Phi) is 8.75. The lowest BCUT2D eigenvalue weighted by Gasteiger charge is -2.12. The number of carbonyl (C=O) groups excluding carboxylic acids is 1. The summed E-state index contributed by atoms with van der Waals surface area (Å²) in [6.07, 6.45) is 3.54. The first-order chi connectivity index (χ1) is 12.7. The van der Waals surface area contributed by atoms with E-state index in [-0.39, 0.29) is 12.5 Å². The molecule has 0 bridgehead atoms. The molecule has 1 aliphatic rings. The summed E-state index contributed by atoms with van der Waals surface area (Å²) in [6, 6.07) is 7.61. The third-order valence-electron chi connectivity index (χ3n) is 4.10. The van der Waals surface area contributed by atoms with Crippen molar-refractivity contribution < 1.29 is 14.3 Å². The van der Waals surface area contributed by atoms with Crippen LogP contribution >= 0.6 is 0 Å². The van der Waals surface area contributed by atoms with E-state index in [1.807, 2.05) is 24.3 Å². The van der Waals surface area contributed by atoms with Gasteiger partial charge in [0.2, 0.25) is 5.91 Å². The van der Waals surface area contributed by atoms with E-state index >= 15 is 0 Å². The Morgan fingerprint density at radius 3 is 2.62 bits per heavy atom. The van der Waals surface area contributed by atoms with Crippen LogP contribution in [0.2, 0.25) is 0 Å². The second kappa shape index (κ2) is 11.4. The number of nitrogens with one attached hydrogen (secondary N) is 3. The lowest BCUT2D eigenvalue weighted by molar-refractivity contribution is -0.120. The van der Waals surface area contributed by atoms with Crippen LogP contribution in [0.1, 0.15) is 24.8 Å². The summed E-state index contributed by atoms with van der Waals surface area (Å²) in [7, 11) is 3.32. The molecule has 0 atom stereocenters. The number of methoxy groups -OCH3 is 1. The molecule has 0 heterocycles. The number of hydrogen-bond acceptors (Lipinski definition) is 4. The third-order valence-corrected chi connectivity index (χ3v) is 4.10. The van der Waals surface area contributed by atoms with Crippen LogP contribution in [0.5, 0.6) is 5.75 Å². The third kappa shape index (κ3) is 8.20. The summed E-state index contributed by atoms with van der Waals surface area (Å²) >= 11 is 0. The van der Waals surface area contributed by atoms with Gasteiger partial charge in [-0.05, 0) is 42.9 Å². The molecule has 0 saturated heterocycles. The fourth-order valence-corrected chi connectivity index (χ4v) is 2.31. The lowest BCUT2D eigenvalue weighted by atomic mass is 10.2. The number of amides is 1. The molecule has 1 aliphatic carbocycles. The maximum Gasteiger partial charge on any atom is 0.239 e. The zero-order valence-corrected chi connectivity index (χ0v) is 15.7. The van der Waals surface area contributed by atoms with E-state index in [9.17, 15) is 4.79 Å². The highest BCUT2D eigenvalue weighted by molar-refractivity contribution is 5.86. The van der Waals surface area contributed by atoms with E-state index in [1.165, 1.54) is 12.8 Å². The smallest absolute Gasteiger partial charge is 0.239 e. The molecule has 0 spiro atoms. The van der Waals surface area contributed by atoms with E-state index < -0.39 is 0 Å². The van der Waals surface area contributed by atoms with Crippen LogP contribution in [0.25, 0.3) is 0 Å². The van der Waals surface area contributed by atoms with E-state index in [4.69, 9.17) is 9.47 Å². The largest absolute Gasteiger partial charge is 0.497 e. The van der Waals surface area contributed by atoms with E-state index in [0.717, 1.165) is 43.4 Å². The van der Waals surface area contributed by atoms with Gasteiger partial charge >= 0.3 is 0 Å². The Balaban J connectivity index is 1.53. The van der Waals surface area contributed by atoms with Gasteiger partial charge in [0.15, 0.2) is 5.96 Å². The van der Waals surface area contributed by atoms with Gasteiger partial charge in [-0.15, -0.1) is 0 Å². The normalized spacial score (nSPS) is 14.0. The summed E-state index contributed by atoms with van der Waals surface area (Å²) in [6.45, 7) is 3.06. The van der Waals surface area contributed by atoms with Crippen molar-refractivity contribution in [2.24, 2.45) is 10.9 Å². The molecule has 26 heavy (non-hydrogen) atoms. The first-order valence-corrected chi connectivity index (χ1v) is 9.13. The first kappa shape index (κ1) is 20.0. The molecular formula is C19H30N4O3. The second-order valence-corrected chi connectivity index (χ2v) is 6.35. The number of rotatable bonds is 11. The minimum Gasteiger partial charge on any atom is -0.497 e. The van der Waals surface area contributed by atoms with Gasteiger partial charge in [0.25, 0.3) is 0 Å². The van der Waals surface area contributed by atoms with Gasteiger partial charge < -0.3 is 25.4 Å². The highest BCUT2D eigenvalue weighted by atomic mass is 16.5. The van der Waals surface area contributed by atoms with Crippen molar-refractivity contribution in [3.05, 3.63) is 29.8 Å². The predicted molar refractivity (Wildman–Crippen MR) is 102 cm³/mol. The number of hydrogen-bond donors (Lipinski definition) is 3. The molecule has 0 aromatic heterocycles. The zero-order chi connectivity index (χ0) is 18.6. The summed E-state index contributed by atoms with van der Waals surface area (Å²) in [5.41, 5.74) is 1.02. The molecule has 1 amide bonds. The average molecular weight is 362 g/mol. The van der Waals surface area contributed by atoms with E-state index in [0.29, 0.717) is 12.5 Å². The fraction of sp³-hybridized carbons (Fsp3) is 0.579. The van der Waals surface area contributed by atoms with Crippen molar-refractivity contribution in [1.82, 2.24) is 16.0 Å². The Bertz CT molecular complexity index is 571. The highest BCUT2D eigenvalue weighted by Crippen LogP contribution is 2.28. The summed E-state index contributed by atoms with van der Waals surface area (Å²) < 4.78 is 10.7. The van der Waals surface area contributed by atoms with Gasteiger partial charge in [0, 0.05) is 33.4 Å². The zero-order valence-electron chi connectivity index (χ0n) is 15.7. The van der Waals surface area contributed by atoms with Gasteiger partial charge in [-0.2, -0.15) is 0 Å². The highest BCUT2D eigenvalue weighted by Gasteiger charge is 2.20. The van der Waals surface area contributed by atoms with E-state index in [2.05, 4.69) is 20.9 Å². The molecule has 1 aromatic rings.